The average molecular weight is 249 g/mol. The zero-order valence-electron chi connectivity index (χ0n) is 8.12. The van der Waals surface area contributed by atoms with Crippen LogP contribution in [0.4, 0.5) is 24.5 Å². The predicted octanol–water partition coefficient (Wildman–Crippen LogP) is 1.60. The van der Waals surface area contributed by atoms with E-state index in [0.717, 1.165) is 24.3 Å². The normalized spacial score (nSPS) is 10.8. The first kappa shape index (κ1) is 12.7. The van der Waals surface area contributed by atoms with Crippen LogP contribution in [0.5, 0.6) is 0 Å². The highest BCUT2D eigenvalue weighted by Crippen LogP contribution is 2.16. The van der Waals surface area contributed by atoms with Gasteiger partial charge in [-0.3, -0.25) is 25.8 Å². The second-order valence-electron chi connectivity index (χ2n) is 2.88. The molecule has 0 heterocycles. The van der Waals surface area contributed by atoms with Crippen LogP contribution in [0.1, 0.15) is 0 Å². The average Bonchev–Trinajstić information content (AvgIpc) is 2.25. The summed E-state index contributed by atoms with van der Waals surface area (Å²) in [7, 11) is 0. The number of nitro benzene ring substituents is 1. The molecule has 1 aromatic carbocycles. The first-order chi connectivity index (χ1) is 7.80. The molecule has 0 unspecified atom stereocenters. The summed E-state index contributed by atoms with van der Waals surface area (Å²) in [4.78, 5) is 20.0. The zero-order chi connectivity index (χ0) is 13.1. The molecule has 1 aromatic rings. The van der Waals surface area contributed by atoms with Crippen molar-refractivity contribution < 1.29 is 22.9 Å². The standard InChI is InChI=1S/C8H6F3N3O3/c9-8(10,11)7(15)13-12-5-1-3-6(4-2-5)14(16)17/h1-4,12H,(H,13,15). The number of rotatable bonds is 3. The number of hydrazine groups is 1. The van der Waals surface area contributed by atoms with Crippen molar-refractivity contribution in [3.8, 4) is 0 Å². The summed E-state index contributed by atoms with van der Waals surface area (Å²) < 4.78 is 35.3. The van der Waals surface area contributed by atoms with Gasteiger partial charge in [0, 0.05) is 12.1 Å². The van der Waals surface area contributed by atoms with Crippen molar-refractivity contribution in [3.63, 3.8) is 0 Å². The van der Waals surface area contributed by atoms with E-state index in [1.165, 1.54) is 5.43 Å². The Labute approximate surface area is 92.5 Å². The molecule has 1 rings (SSSR count). The van der Waals surface area contributed by atoms with E-state index in [9.17, 15) is 28.1 Å². The van der Waals surface area contributed by atoms with Crippen molar-refractivity contribution in [3.05, 3.63) is 34.4 Å². The first-order valence-corrected chi connectivity index (χ1v) is 4.18. The van der Waals surface area contributed by atoms with E-state index < -0.39 is 17.0 Å². The molecule has 0 saturated carbocycles. The molecule has 0 aliphatic rings. The molecular formula is C8H6F3N3O3. The van der Waals surface area contributed by atoms with Gasteiger partial charge in [-0.05, 0) is 12.1 Å². The lowest BCUT2D eigenvalue weighted by atomic mass is 10.3. The number of hydrogen-bond acceptors (Lipinski definition) is 4. The largest absolute Gasteiger partial charge is 0.472 e. The Kier molecular flexibility index (Phi) is 3.51. The lowest BCUT2D eigenvalue weighted by Crippen LogP contribution is -2.40. The molecule has 0 atom stereocenters. The minimum absolute atomic E-state index is 0.0909. The molecule has 0 aliphatic carbocycles. The van der Waals surface area contributed by atoms with Crippen molar-refractivity contribution in [2.24, 2.45) is 0 Å². The van der Waals surface area contributed by atoms with Crippen LogP contribution in [0.2, 0.25) is 0 Å². The lowest BCUT2D eigenvalue weighted by Gasteiger charge is -2.09. The van der Waals surface area contributed by atoms with E-state index in [0.29, 0.717) is 0 Å². The quantitative estimate of drug-likeness (QED) is 0.629. The van der Waals surface area contributed by atoms with E-state index in [-0.39, 0.29) is 11.4 Å². The predicted molar refractivity (Wildman–Crippen MR) is 50.9 cm³/mol. The van der Waals surface area contributed by atoms with Crippen molar-refractivity contribution in [1.82, 2.24) is 5.43 Å². The number of nitro groups is 1. The maximum absolute atomic E-state index is 11.8. The maximum Gasteiger partial charge on any atom is 0.472 e. The summed E-state index contributed by atoms with van der Waals surface area (Å²) in [6.07, 6.45) is -4.99. The third-order valence-corrected chi connectivity index (χ3v) is 1.66. The van der Waals surface area contributed by atoms with Crippen LogP contribution in [0.25, 0.3) is 0 Å². The Balaban J connectivity index is 2.59. The molecule has 92 valence electrons. The van der Waals surface area contributed by atoms with Gasteiger partial charge in [0.25, 0.3) is 5.69 Å². The van der Waals surface area contributed by atoms with Gasteiger partial charge in [0.15, 0.2) is 0 Å². The summed E-state index contributed by atoms with van der Waals surface area (Å²) in [5.74, 6) is -2.16. The van der Waals surface area contributed by atoms with Crippen LogP contribution in [-0.4, -0.2) is 17.0 Å². The molecule has 0 radical (unpaired) electrons. The highest BCUT2D eigenvalue weighted by Gasteiger charge is 2.38. The van der Waals surface area contributed by atoms with Crippen LogP contribution in [0.3, 0.4) is 0 Å². The number of carbonyl (C=O) groups is 1. The fraction of sp³-hybridized carbons (Fsp3) is 0.125. The Morgan fingerprint density at radius 2 is 1.76 bits per heavy atom. The van der Waals surface area contributed by atoms with Crippen LogP contribution in [0, 0.1) is 10.1 Å². The van der Waals surface area contributed by atoms with E-state index in [2.05, 4.69) is 0 Å². The lowest BCUT2D eigenvalue weighted by molar-refractivity contribution is -0.384. The van der Waals surface area contributed by atoms with Crippen LogP contribution >= 0.6 is 0 Å². The topological polar surface area (TPSA) is 84.3 Å². The van der Waals surface area contributed by atoms with Gasteiger partial charge < -0.3 is 0 Å². The number of benzene rings is 1. The molecule has 0 fully saturated rings. The molecule has 0 aliphatic heterocycles. The fourth-order valence-electron chi connectivity index (χ4n) is 0.866. The number of amides is 1. The molecule has 17 heavy (non-hydrogen) atoms. The maximum atomic E-state index is 11.8. The molecule has 6 nitrogen and oxygen atoms in total. The molecule has 2 N–H and O–H groups in total. The van der Waals surface area contributed by atoms with Gasteiger partial charge in [0.05, 0.1) is 10.6 Å². The highest BCUT2D eigenvalue weighted by atomic mass is 19.4. The van der Waals surface area contributed by atoms with Crippen molar-refractivity contribution in [2.45, 2.75) is 6.18 Å². The molecular weight excluding hydrogens is 243 g/mol. The van der Waals surface area contributed by atoms with Gasteiger partial charge in [-0.2, -0.15) is 13.2 Å². The number of non-ortho nitro benzene ring substituents is 1. The van der Waals surface area contributed by atoms with Crippen molar-refractivity contribution in [1.29, 1.82) is 0 Å². The summed E-state index contributed by atoms with van der Waals surface area (Å²) in [5.41, 5.74) is 3.26. The molecule has 0 aromatic heterocycles. The number of carbonyl (C=O) groups excluding carboxylic acids is 1. The Hall–Kier alpha value is -2.32. The Morgan fingerprint density at radius 1 is 1.24 bits per heavy atom. The fourth-order valence-corrected chi connectivity index (χ4v) is 0.866. The van der Waals surface area contributed by atoms with Crippen LogP contribution < -0.4 is 10.9 Å². The number of nitrogens with zero attached hydrogens (tertiary/aromatic N) is 1. The smallest absolute Gasteiger partial charge is 0.298 e. The van der Waals surface area contributed by atoms with E-state index in [1.54, 1.807) is 0 Å². The van der Waals surface area contributed by atoms with Gasteiger partial charge in [0.1, 0.15) is 0 Å². The number of anilines is 1. The summed E-state index contributed by atoms with van der Waals surface area (Å²) in [5, 5.41) is 10.3. The zero-order valence-corrected chi connectivity index (χ0v) is 8.12. The monoisotopic (exact) mass is 249 g/mol. The second-order valence-corrected chi connectivity index (χ2v) is 2.88. The summed E-state index contributed by atoms with van der Waals surface area (Å²) >= 11 is 0. The van der Waals surface area contributed by atoms with Crippen LogP contribution in [-0.2, 0) is 4.79 Å². The number of halogens is 3. The second kappa shape index (κ2) is 4.68. The van der Waals surface area contributed by atoms with E-state index >= 15 is 0 Å². The first-order valence-electron chi connectivity index (χ1n) is 4.18. The van der Waals surface area contributed by atoms with Crippen LogP contribution in [0.15, 0.2) is 24.3 Å². The Bertz CT molecular complexity index is 430. The summed E-state index contributed by atoms with van der Waals surface area (Å²) in [6, 6.07) is 4.49. The number of alkyl halides is 3. The van der Waals surface area contributed by atoms with Gasteiger partial charge in [-0.15, -0.1) is 0 Å². The van der Waals surface area contributed by atoms with Crippen molar-refractivity contribution >= 4 is 17.3 Å². The molecule has 1 amide bonds. The number of nitrogens with one attached hydrogen (secondary N) is 2. The molecule has 0 saturated heterocycles. The van der Waals surface area contributed by atoms with E-state index in [1.807, 2.05) is 5.43 Å². The van der Waals surface area contributed by atoms with Gasteiger partial charge in [-0.1, -0.05) is 0 Å². The minimum Gasteiger partial charge on any atom is -0.298 e. The minimum atomic E-state index is -4.99. The van der Waals surface area contributed by atoms with Gasteiger partial charge in [0.2, 0.25) is 0 Å². The van der Waals surface area contributed by atoms with E-state index in [4.69, 9.17) is 0 Å². The summed E-state index contributed by atoms with van der Waals surface area (Å²) in [6.45, 7) is 0. The Morgan fingerprint density at radius 3 is 2.18 bits per heavy atom. The third kappa shape index (κ3) is 3.63. The van der Waals surface area contributed by atoms with Crippen molar-refractivity contribution in [2.75, 3.05) is 5.43 Å². The van der Waals surface area contributed by atoms with Gasteiger partial charge >= 0.3 is 12.1 Å². The van der Waals surface area contributed by atoms with Gasteiger partial charge in [-0.25, -0.2) is 0 Å². The SMILES string of the molecule is O=C(NNc1ccc([N+](=O)[O-])cc1)C(F)(F)F. The molecule has 0 bridgehead atoms. The molecule has 0 spiro atoms. The third-order valence-electron chi connectivity index (χ3n) is 1.66. The molecule has 9 heteroatoms. The number of hydrogen-bond donors (Lipinski definition) is 2. The highest BCUT2D eigenvalue weighted by molar-refractivity contribution is 5.82.